The zero-order valence-electron chi connectivity index (χ0n) is 12.6. The molecule has 22 heavy (non-hydrogen) atoms. The standard InChI is InChI=1S/C17H16FN3O/c1-10-7-13-11(9-20-10)8-14(21-17(13)19-2)12-5-4-6-15(22-3)16(12)18/h4-9H,1-3H3,(H,19,21). The molecule has 1 N–H and O–H groups in total. The second kappa shape index (κ2) is 5.60. The number of pyridine rings is 2. The normalized spacial score (nSPS) is 10.7. The minimum Gasteiger partial charge on any atom is -0.494 e. The second-order valence-electron chi connectivity index (χ2n) is 4.97. The first-order valence-corrected chi connectivity index (χ1v) is 6.92. The van der Waals surface area contributed by atoms with E-state index in [1.807, 2.05) is 19.1 Å². The van der Waals surface area contributed by atoms with Gasteiger partial charge in [0.1, 0.15) is 5.82 Å². The number of aromatic nitrogens is 2. The first-order valence-electron chi connectivity index (χ1n) is 6.92. The Kier molecular flexibility index (Phi) is 3.63. The van der Waals surface area contributed by atoms with Crippen LogP contribution in [0.25, 0.3) is 22.0 Å². The number of nitrogens with one attached hydrogen (secondary N) is 1. The van der Waals surface area contributed by atoms with Gasteiger partial charge in [0.15, 0.2) is 11.6 Å². The van der Waals surface area contributed by atoms with Gasteiger partial charge in [-0.3, -0.25) is 4.98 Å². The van der Waals surface area contributed by atoms with E-state index in [1.54, 1.807) is 31.4 Å². The lowest BCUT2D eigenvalue weighted by Gasteiger charge is -2.11. The number of methoxy groups -OCH3 is 1. The van der Waals surface area contributed by atoms with Crippen LogP contribution in [0.15, 0.2) is 36.5 Å². The highest BCUT2D eigenvalue weighted by Gasteiger charge is 2.14. The zero-order chi connectivity index (χ0) is 15.7. The van der Waals surface area contributed by atoms with Crippen LogP contribution in [0.2, 0.25) is 0 Å². The number of nitrogens with zero attached hydrogens (tertiary/aromatic N) is 2. The van der Waals surface area contributed by atoms with E-state index in [4.69, 9.17) is 4.74 Å². The summed E-state index contributed by atoms with van der Waals surface area (Å²) in [7, 11) is 3.24. The average molecular weight is 297 g/mol. The lowest BCUT2D eigenvalue weighted by molar-refractivity contribution is 0.387. The van der Waals surface area contributed by atoms with E-state index < -0.39 is 5.82 Å². The Labute approximate surface area is 128 Å². The Bertz CT molecular complexity index is 849. The molecule has 0 amide bonds. The van der Waals surface area contributed by atoms with Crippen LogP contribution in [0, 0.1) is 12.7 Å². The molecule has 5 heteroatoms. The topological polar surface area (TPSA) is 47.0 Å². The molecule has 0 saturated carbocycles. The Morgan fingerprint density at radius 3 is 2.77 bits per heavy atom. The van der Waals surface area contributed by atoms with Gasteiger partial charge in [-0.1, -0.05) is 6.07 Å². The minimum absolute atomic E-state index is 0.201. The molecule has 1 aromatic carbocycles. The third-order valence-corrected chi connectivity index (χ3v) is 3.55. The van der Waals surface area contributed by atoms with Crippen molar-refractivity contribution in [3.63, 3.8) is 0 Å². The first kappa shape index (κ1) is 14.3. The predicted octanol–water partition coefficient (Wildman–Crippen LogP) is 3.79. The molecule has 3 aromatic rings. The Balaban J connectivity index is 2.26. The fourth-order valence-corrected chi connectivity index (χ4v) is 2.45. The van der Waals surface area contributed by atoms with Crippen molar-refractivity contribution < 1.29 is 9.13 Å². The summed E-state index contributed by atoms with van der Waals surface area (Å²) >= 11 is 0. The van der Waals surface area contributed by atoms with E-state index in [9.17, 15) is 4.39 Å². The molecular weight excluding hydrogens is 281 g/mol. The number of benzene rings is 1. The van der Waals surface area contributed by atoms with E-state index in [0.29, 0.717) is 17.1 Å². The molecule has 0 bridgehead atoms. The Morgan fingerprint density at radius 2 is 2.05 bits per heavy atom. The average Bonchev–Trinajstić information content (AvgIpc) is 2.54. The lowest BCUT2D eigenvalue weighted by atomic mass is 10.1. The number of hydrogen-bond acceptors (Lipinski definition) is 4. The minimum atomic E-state index is -0.418. The van der Waals surface area contributed by atoms with Crippen LogP contribution < -0.4 is 10.1 Å². The van der Waals surface area contributed by atoms with Gasteiger partial charge in [0.25, 0.3) is 0 Å². The number of rotatable bonds is 3. The van der Waals surface area contributed by atoms with Gasteiger partial charge in [0.2, 0.25) is 0 Å². The van der Waals surface area contributed by atoms with Crippen LogP contribution in [0.1, 0.15) is 5.69 Å². The van der Waals surface area contributed by atoms with Crippen molar-refractivity contribution in [2.75, 3.05) is 19.5 Å². The molecule has 0 aliphatic carbocycles. The van der Waals surface area contributed by atoms with Crippen LogP contribution in [0.5, 0.6) is 5.75 Å². The highest BCUT2D eigenvalue weighted by molar-refractivity contribution is 5.94. The first-order chi connectivity index (χ1) is 10.6. The van der Waals surface area contributed by atoms with Crippen LogP contribution in [-0.4, -0.2) is 24.1 Å². The molecule has 0 aliphatic heterocycles. The van der Waals surface area contributed by atoms with E-state index in [-0.39, 0.29) is 5.75 Å². The molecule has 0 aliphatic rings. The number of anilines is 1. The molecule has 0 radical (unpaired) electrons. The van der Waals surface area contributed by atoms with Crippen molar-refractivity contribution in [2.24, 2.45) is 0 Å². The van der Waals surface area contributed by atoms with Crippen LogP contribution in [0.3, 0.4) is 0 Å². The van der Waals surface area contributed by atoms with Crippen LogP contribution >= 0.6 is 0 Å². The SMILES string of the molecule is CNc1nc(-c2cccc(OC)c2F)cc2cnc(C)cc12. The zero-order valence-corrected chi connectivity index (χ0v) is 12.6. The van der Waals surface area contributed by atoms with Gasteiger partial charge in [0, 0.05) is 35.3 Å². The fraction of sp³-hybridized carbons (Fsp3) is 0.176. The Hall–Kier alpha value is -2.69. The van der Waals surface area contributed by atoms with Crippen LogP contribution in [-0.2, 0) is 0 Å². The summed E-state index contributed by atoms with van der Waals surface area (Å²) in [5.41, 5.74) is 1.85. The van der Waals surface area contributed by atoms with Crippen molar-refractivity contribution >= 4 is 16.6 Å². The van der Waals surface area contributed by atoms with E-state index >= 15 is 0 Å². The Morgan fingerprint density at radius 1 is 1.23 bits per heavy atom. The molecule has 4 nitrogen and oxygen atoms in total. The van der Waals surface area contributed by atoms with Crippen LogP contribution in [0.4, 0.5) is 10.2 Å². The number of aryl methyl sites for hydroxylation is 1. The third kappa shape index (κ3) is 2.35. The molecule has 0 unspecified atom stereocenters. The van der Waals surface area contributed by atoms with Crippen molar-refractivity contribution in [3.05, 3.63) is 48.0 Å². The maximum atomic E-state index is 14.5. The van der Waals surface area contributed by atoms with Gasteiger partial charge >= 0.3 is 0 Å². The van der Waals surface area contributed by atoms with E-state index in [1.165, 1.54) is 7.11 Å². The highest BCUT2D eigenvalue weighted by atomic mass is 19.1. The molecule has 0 spiro atoms. The number of fused-ring (bicyclic) bond motifs is 1. The molecule has 0 saturated heterocycles. The van der Waals surface area contributed by atoms with Gasteiger partial charge in [0.05, 0.1) is 12.8 Å². The smallest absolute Gasteiger partial charge is 0.174 e. The number of halogens is 1. The third-order valence-electron chi connectivity index (χ3n) is 3.55. The van der Waals surface area contributed by atoms with Gasteiger partial charge in [-0.2, -0.15) is 0 Å². The summed E-state index contributed by atoms with van der Waals surface area (Å²) in [6.45, 7) is 1.93. The van der Waals surface area contributed by atoms with Crippen molar-refractivity contribution in [1.29, 1.82) is 0 Å². The lowest BCUT2D eigenvalue weighted by Crippen LogP contribution is -1.98. The summed E-state index contributed by atoms with van der Waals surface area (Å²) in [5, 5.41) is 4.93. The van der Waals surface area contributed by atoms with Crippen molar-refractivity contribution in [1.82, 2.24) is 9.97 Å². The summed E-state index contributed by atoms with van der Waals surface area (Å²) in [5.74, 6) is 0.478. The van der Waals surface area contributed by atoms with Gasteiger partial charge < -0.3 is 10.1 Å². The molecule has 0 fully saturated rings. The molecule has 2 heterocycles. The monoisotopic (exact) mass is 297 g/mol. The molecule has 0 atom stereocenters. The molecule has 2 aromatic heterocycles. The van der Waals surface area contributed by atoms with E-state index in [0.717, 1.165) is 16.5 Å². The van der Waals surface area contributed by atoms with Gasteiger partial charge in [-0.05, 0) is 31.2 Å². The largest absolute Gasteiger partial charge is 0.494 e. The fourth-order valence-electron chi connectivity index (χ4n) is 2.45. The highest BCUT2D eigenvalue weighted by Crippen LogP contribution is 2.32. The van der Waals surface area contributed by atoms with Crippen molar-refractivity contribution in [2.45, 2.75) is 6.92 Å². The summed E-state index contributed by atoms with van der Waals surface area (Å²) in [6.07, 6.45) is 1.77. The molecular formula is C17H16FN3O. The number of ether oxygens (including phenoxy) is 1. The summed E-state index contributed by atoms with van der Waals surface area (Å²) in [4.78, 5) is 8.83. The van der Waals surface area contributed by atoms with Gasteiger partial charge in [-0.25, -0.2) is 9.37 Å². The summed E-state index contributed by atoms with van der Waals surface area (Å²) < 4.78 is 19.5. The quantitative estimate of drug-likeness (QED) is 0.799. The molecule has 112 valence electrons. The maximum Gasteiger partial charge on any atom is 0.174 e. The number of hydrogen-bond donors (Lipinski definition) is 1. The predicted molar refractivity (Wildman–Crippen MR) is 85.8 cm³/mol. The van der Waals surface area contributed by atoms with E-state index in [2.05, 4.69) is 15.3 Å². The van der Waals surface area contributed by atoms with Crippen molar-refractivity contribution in [3.8, 4) is 17.0 Å². The second-order valence-corrected chi connectivity index (χ2v) is 4.97. The molecule has 3 rings (SSSR count). The maximum absolute atomic E-state index is 14.5. The summed E-state index contributed by atoms with van der Waals surface area (Å²) in [6, 6.07) is 8.81. The van der Waals surface area contributed by atoms with Gasteiger partial charge in [-0.15, -0.1) is 0 Å².